The minimum atomic E-state index is -0.805. The van der Waals surface area contributed by atoms with Crippen LogP contribution in [-0.2, 0) is 14.3 Å². The highest BCUT2D eigenvalue weighted by molar-refractivity contribution is 5.77. The zero-order valence-corrected chi connectivity index (χ0v) is 38.2. The topological polar surface area (TPSA) is 95.9 Å². The van der Waals surface area contributed by atoms with Crippen LogP contribution in [0.4, 0.5) is 0 Å². The molecule has 3 atom stereocenters. The standard InChI is InChI=1S/C52H93NO5/c1-4-7-10-13-16-19-22-24-25-26-28-30-33-36-39-42-45-52(57)58-48(43-40-37-34-31-29-27-23-20-17-14-11-8-5-2)46-51(56)53-49(47-54)50(55)44-41-38-35-32-21-18-15-12-9-6-3/h8,11,14,17,20,23,27,29,31,34,48-50,54-55H,4-7,9-10,12-13,15-16,18-19,21-22,24-26,28,30,32-33,35-47H2,1-3H3,(H,53,56)/b11-8+,17-14+,23-20-,29-27-,34-31+. The van der Waals surface area contributed by atoms with E-state index in [2.05, 4.69) is 38.2 Å². The summed E-state index contributed by atoms with van der Waals surface area (Å²) in [7, 11) is 0. The van der Waals surface area contributed by atoms with Crippen LogP contribution in [-0.4, -0.2) is 46.9 Å². The van der Waals surface area contributed by atoms with Crippen LogP contribution in [0.15, 0.2) is 60.8 Å². The lowest BCUT2D eigenvalue weighted by Crippen LogP contribution is -2.46. The summed E-state index contributed by atoms with van der Waals surface area (Å²) in [4.78, 5) is 26.0. The highest BCUT2D eigenvalue weighted by Gasteiger charge is 2.24. The van der Waals surface area contributed by atoms with Gasteiger partial charge < -0.3 is 20.3 Å². The molecule has 0 aliphatic carbocycles. The van der Waals surface area contributed by atoms with Crippen molar-refractivity contribution < 1.29 is 24.5 Å². The van der Waals surface area contributed by atoms with E-state index in [0.717, 1.165) is 57.8 Å². The normalized spacial score (nSPS) is 13.8. The summed E-state index contributed by atoms with van der Waals surface area (Å²) >= 11 is 0. The maximum absolute atomic E-state index is 13.1. The van der Waals surface area contributed by atoms with Crippen molar-refractivity contribution in [2.24, 2.45) is 0 Å². The molecule has 0 aromatic rings. The third-order valence-corrected chi connectivity index (χ3v) is 11.0. The second-order valence-corrected chi connectivity index (χ2v) is 16.6. The molecule has 0 bridgehead atoms. The number of ether oxygens (including phenoxy) is 1. The van der Waals surface area contributed by atoms with Crippen LogP contribution in [0.3, 0.4) is 0 Å². The molecule has 0 aromatic heterocycles. The Balaban J connectivity index is 4.66. The van der Waals surface area contributed by atoms with Crippen molar-refractivity contribution in [2.75, 3.05) is 6.61 Å². The van der Waals surface area contributed by atoms with E-state index >= 15 is 0 Å². The minimum absolute atomic E-state index is 0.0293. The number of aliphatic hydroxyl groups is 2. The Hall–Kier alpha value is -2.44. The average molecular weight is 812 g/mol. The van der Waals surface area contributed by atoms with Crippen molar-refractivity contribution in [1.82, 2.24) is 5.32 Å². The minimum Gasteiger partial charge on any atom is -0.462 e. The van der Waals surface area contributed by atoms with Gasteiger partial charge in [0.2, 0.25) is 5.91 Å². The smallest absolute Gasteiger partial charge is 0.306 e. The third-order valence-electron chi connectivity index (χ3n) is 11.0. The Morgan fingerprint density at radius 2 is 0.931 bits per heavy atom. The van der Waals surface area contributed by atoms with Gasteiger partial charge >= 0.3 is 5.97 Å². The van der Waals surface area contributed by atoms with Gasteiger partial charge in [-0.1, -0.05) is 242 Å². The number of carbonyl (C=O) groups is 2. The Morgan fingerprint density at radius 3 is 1.38 bits per heavy atom. The highest BCUT2D eigenvalue weighted by atomic mass is 16.5. The Morgan fingerprint density at radius 1 is 0.517 bits per heavy atom. The molecule has 6 nitrogen and oxygen atoms in total. The summed E-state index contributed by atoms with van der Waals surface area (Å²) in [5.41, 5.74) is 0. The highest BCUT2D eigenvalue weighted by Crippen LogP contribution is 2.17. The molecule has 6 heteroatoms. The number of hydrogen-bond donors (Lipinski definition) is 3. The lowest BCUT2D eigenvalue weighted by Gasteiger charge is -2.24. The van der Waals surface area contributed by atoms with Gasteiger partial charge in [0, 0.05) is 6.42 Å². The predicted molar refractivity (Wildman–Crippen MR) is 250 cm³/mol. The number of aliphatic hydroxyl groups excluding tert-OH is 2. The van der Waals surface area contributed by atoms with Gasteiger partial charge in [0.15, 0.2) is 0 Å². The number of allylic oxidation sites excluding steroid dienone is 10. The van der Waals surface area contributed by atoms with Gasteiger partial charge in [-0.2, -0.15) is 0 Å². The van der Waals surface area contributed by atoms with Crippen molar-refractivity contribution in [3.63, 3.8) is 0 Å². The van der Waals surface area contributed by atoms with E-state index in [-0.39, 0.29) is 24.9 Å². The lowest BCUT2D eigenvalue weighted by molar-refractivity contribution is -0.151. The van der Waals surface area contributed by atoms with E-state index in [9.17, 15) is 19.8 Å². The summed E-state index contributed by atoms with van der Waals surface area (Å²) in [5, 5.41) is 23.6. The van der Waals surface area contributed by atoms with Crippen molar-refractivity contribution in [3.05, 3.63) is 60.8 Å². The maximum Gasteiger partial charge on any atom is 0.306 e. The maximum atomic E-state index is 13.1. The molecule has 0 radical (unpaired) electrons. The van der Waals surface area contributed by atoms with Crippen molar-refractivity contribution in [2.45, 2.75) is 251 Å². The molecule has 0 aromatic carbocycles. The summed E-state index contributed by atoms with van der Waals surface area (Å²) < 4.78 is 5.88. The van der Waals surface area contributed by atoms with Gasteiger partial charge in [0.05, 0.1) is 25.2 Å². The fraction of sp³-hybridized carbons (Fsp3) is 0.769. The lowest BCUT2D eigenvalue weighted by atomic mass is 10.0. The molecule has 0 heterocycles. The largest absolute Gasteiger partial charge is 0.462 e. The van der Waals surface area contributed by atoms with Crippen LogP contribution in [0.25, 0.3) is 0 Å². The number of nitrogens with one attached hydrogen (secondary N) is 1. The molecule has 3 N–H and O–H groups in total. The van der Waals surface area contributed by atoms with E-state index in [0.29, 0.717) is 19.3 Å². The molecule has 58 heavy (non-hydrogen) atoms. The molecule has 3 unspecified atom stereocenters. The Labute approximate surface area is 358 Å². The monoisotopic (exact) mass is 812 g/mol. The first-order valence-corrected chi connectivity index (χ1v) is 24.6. The summed E-state index contributed by atoms with van der Waals surface area (Å²) in [6, 6.07) is -0.723. The first-order chi connectivity index (χ1) is 28.5. The van der Waals surface area contributed by atoms with E-state index < -0.39 is 18.2 Å². The van der Waals surface area contributed by atoms with Crippen LogP contribution in [0.2, 0.25) is 0 Å². The van der Waals surface area contributed by atoms with Crippen LogP contribution >= 0.6 is 0 Å². The van der Waals surface area contributed by atoms with Gasteiger partial charge in [-0.05, 0) is 38.5 Å². The number of rotatable bonds is 43. The van der Waals surface area contributed by atoms with Gasteiger partial charge in [-0.15, -0.1) is 0 Å². The average Bonchev–Trinajstić information content (AvgIpc) is 3.22. The second-order valence-electron chi connectivity index (χ2n) is 16.6. The van der Waals surface area contributed by atoms with Crippen molar-refractivity contribution in [3.8, 4) is 0 Å². The molecule has 0 saturated heterocycles. The van der Waals surface area contributed by atoms with Crippen molar-refractivity contribution in [1.29, 1.82) is 0 Å². The molecular formula is C52H93NO5. The van der Waals surface area contributed by atoms with E-state index in [1.54, 1.807) is 0 Å². The van der Waals surface area contributed by atoms with Gasteiger partial charge in [-0.3, -0.25) is 9.59 Å². The predicted octanol–water partition coefficient (Wildman–Crippen LogP) is 14.5. The zero-order chi connectivity index (χ0) is 42.4. The summed E-state index contributed by atoms with van der Waals surface area (Å²) in [6.07, 6.45) is 55.7. The van der Waals surface area contributed by atoms with Gasteiger partial charge in [-0.25, -0.2) is 0 Å². The van der Waals surface area contributed by atoms with Gasteiger partial charge in [0.1, 0.15) is 6.10 Å². The summed E-state index contributed by atoms with van der Waals surface area (Å²) in [6.45, 7) is 6.30. The number of amides is 1. The SMILES string of the molecule is CC/C=C/C=C/C=C\C=C/C=C/CCCC(CC(=O)NC(CO)C(O)CCCCCCCCCCCC)OC(=O)CCCCCCCCCCCCCCCCCC. The second kappa shape index (κ2) is 45.6. The van der Waals surface area contributed by atoms with Crippen LogP contribution in [0.5, 0.6) is 0 Å². The Kier molecular flexibility index (Phi) is 43.7. The first kappa shape index (κ1) is 55.6. The number of carbonyl (C=O) groups excluding carboxylic acids is 2. The molecule has 0 aliphatic heterocycles. The van der Waals surface area contributed by atoms with Crippen LogP contribution in [0, 0.1) is 0 Å². The van der Waals surface area contributed by atoms with E-state index in [4.69, 9.17) is 4.74 Å². The molecule has 0 rings (SSSR count). The molecule has 0 fully saturated rings. The van der Waals surface area contributed by atoms with Gasteiger partial charge in [0.25, 0.3) is 0 Å². The van der Waals surface area contributed by atoms with E-state index in [1.165, 1.54) is 128 Å². The summed E-state index contributed by atoms with van der Waals surface area (Å²) in [5.74, 6) is -0.543. The molecular weight excluding hydrogens is 719 g/mol. The quantitative estimate of drug-likeness (QED) is 0.0324. The van der Waals surface area contributed by atoms with Crippen LogP contribution in [0.1, 0.15) is 233 Å². The first-order valence-electron chi connectivity index (χ1n) is 24.6. The molecule has 0 spiro atoms. The molecule has 336 valence electrons. The zero-order valence-electron chi connectivity index (χ0n) is 38.2. The number of esters is 1. The fourth-order valence-electron chi connectivity index (χ4n) is 7.28. The molecule has 1 amide bonds. The number of unbranched alkanes of at least 4 members (excludes halogenated alkanes) is 25. The Bertz CT molecular complexity index is 1050. The molecule has 0 saturated carbocycles. The fourth-order valence-corrected chi connectivity index (χ4v) is 7.28. The molecule has 0 aliphatic rings. The third kappa shape index (κ3) is 40.3. The van der Waals surface area contributed by atoms with Crippen molar-refractivity contribution >= 4 is 11.9 Å². The van der Waals surface area contributed by atoms with E-state index in [1.807, 2.05) is 48.6 Å². The number of hydrogen-bond acceptors (Lipinski definition) is 5. The van der Waals surface area contributed by atoms with Crippen LogP contribution < -0.4 is 5.32 Å².